The lowest BCUT2D eigenvalue weighted by Gasteiger charge is -2.48. The van der Waals surface area contributed by atoms with E-state index in [1.54, 1.807) is 0 Å². The molecular formula is C15H25BrN4. The zero-order valence-corrected chi connectivity index (χ0v) is 14.5. The highest BCUT2D eigenvalue weighted by Crippen LogP contribution is 2.44. The van der Waals surface area contributed by atoms with E-state index < -0.39 is 0 Å². The predicted molar refractivity (Wildman–Crippen MR) is 84.6 cm³/mol. The zero-order chi connectivity index (χ0) is 14.5. The molecule has 2 heterocycles. The number of piperazine rings is 1. The second kappa shape index (κ2) is 5.11. The van der Waals surface area contributed by atoms with Crippen molar-refractivity contribution in [2.24, 2.45) is 13.0 Å². The minimum Gasteiger partial charge on any atom is -0.311 e. The fourth-order valence-electron chi connectivity index (χ4n) is 3.48. The first-order valence-electron chi connectivity index (χ1n) is 7.58. The average Bonchev–Trinajstić information content (AvgIpc) is 3.20. The average molecular weight is 341 g/mol. The third-order valence-corrected chi connectivity index (χ3v) is 6.12. The number of aromatic nitrogens is 2. The Labute approximate surface area is 130 Å². The maximum absolute atomic E-state index is 4.53. The van der Waals surface area contributed by atoms with Gasteiger partial charge in [-0.3, -0.25) is 9.58 Å². The lowest BCUT2D eigenvalue weighted by Crippen LogP contribution is -2.63. The fourth-order valence-corrected chi connectivity index (χ4v) is 3.94. The van der Waals surface area contributed by atoms with Gasteiger partial charge in [-0.25, -0.2) is 0 Å². The molecular weight excluding hydrogens is 316 g/mol. The molecule has 20 heavy (non-hydrogen) atoms. The van der Waals surface area contributed by atoms with Crippen LogP contribution in [-0.2, 0) is 13.6 Å². The number of nitrogens with zero attached hydrogens (tertiary/aromatic N) is 3. The van der Waals surface area contributed by atoms with Gasteiger partial charge in [0.25, 0.3) is 0 Å². The van der Waals surface area contributed by atoms with Crippen LogP contribution in [-0.4, -0.2) is 39.4 Å². The van der Waals surface area contributed by atoms with E-state index in [1.165, 1.54) is 23.0 Å². The second-order valence-corrected chi connectivity index (χ2v) is 7.56. The van der Waals surface area contributed by atoms with E-state index in [4.69, 9.17) is 0 Å². The molecule has 2 atom stereocenters. The van der Waals surface area contributed by atoms with E-state index >= 15 is 0 Å². The van der Waals surface area contributed by atoms with Crippen molar-refractivity contribution in [2.45, 2.75) is 51.7 Å². The van der Waals surface area contributed by atoms with Gasteiger partial charge >= 0.3 is 0 Å². The van der Waals surface area contributed by atoms with Crippen LogP contribution in [0.1, 0.15) is 38.1 Å². The molecule has 0 radical (unpaired) electrons. The van der Waals surface area contributed by atoms with E-state index in [-0.39, 0.29) is 0 Å². The van der Waals surface area contributed by atoms with E-state index in [9.17, 15) is 0 Å². The van der Waals surface area contributed by atoms with E-state index in [2.05, 4.69) is 52.0 Å². The maximum atomic E-state index is 4.53. The van der Waals surface area contributed by atoms with Gasteiger partial charge in [0.15, 0.2) is 0 Å². The monoisotopic (exact) mass is 340 g/mol. The number of aryl methyl sites for hydroxylation is 2. The molecule has 5 heteroatoms. The Kier molecular flexibility index (Phi) is 3.72. The summed E-state index contributed by atoms with van der Waals surface area (Å²) in [6.45, 7) is 9.98. The summed E-state index contributed by atoms with van der Waals surface area (Å²) in [6.07, 6.45) is 2.77. The minimum atomic E-state index is 0.296. The molecule has 1 N–H and O–H groups in total. The molecule has 0 amide bonds. The number of halogens is 1. The van der Waals surface area contributed by atoms with Crippen molar-refractivity contribution in [1.29, 1.82) is 0 Å². The Morgan fingerprint density at radius 3 is 2.70 bits per heavy atom. The fraction of sp³-hybridized carbons (Fsp3) is 0.800. The number of rotatable bonds is 3. The van der Waals surface area contributed by atoms with E-state index in [0.29, 0.717) is 11.6 Å². The van der Waals surface area contributed by atoms with Crippen LogP contribution < -0.4 is 5.32 Å². The molecule has 1 aliphatic heterocycles. The summed E-state index contributed by atoms with van der Waals surface area (Å²) in [5, 5.41) is 8.20. The van der Waals surface area contributed by atoms with Gasteiger partial charge in [0, 0.05) is 38.3 Å². The van der Waals surface area contributed by atoms with Crippen molar-refractivity contribution in [3.8, 4) is 0 Å². The second-order valence-electron chi connectivity index (χ2n) is 6.76. The van der Waals surface area contributed by atoms with Crippen molar-refractivity contribution in [3.63, 3.8) is 0 Å². The van der Waals surface area contributed by atoms with Gasteiger partial charge < -0.3 is 5.32 Å². The molecule has 0 aromatic carbocycles. The first-order valence-corrected chi connectivity index (χ1v) is 8.37. The van der Waals surface area contributed by atoms with Crippen LogP contribution in [0.4, 0.5) is 0 Å². The lowest BCUT2D eigenvalue weighted by molar-refractivity contribution is 0.0291. The summed E-state index contributed by atoms with van der Waals surface area (Å²) in [5.74, 6) is 0.857. The van der Waals surface area contributed by atoms with Crippen LogP contribution in [0.5, 0.6) is 0 Å². The lowest BCUT2D eigenvalue weighted by atomic mass is 9.89. The molecule has 112 valence electrons. The maximum Gasteiger partial charge on any atom is 0.0739 e. The Morgan fingerprint density at radius 2 is 2.15 bits per heavy atom. The van der Waals surface area contributed by atoms with Gasteiger partial charge in [-0.15, -0.1) is 0 Å². The highest BCUT2D eigenvalue weighted by Gasteiger charge is 2.47. The Bertz CT molecular complexity index is 508. The largest absolute Gasteiger partial charge is 0.311 e. The van der Waals surface area contributed by atoms with Gasteiger partial charge in [-0.2, -0.15) is 5.10 Å². The van der Waals surface area contributed by atoms with Crippen LogP contribution in [0, 0.1) is 12.8 Å². The van der Waals surface area contributed by atoms with Gasteiger partial charge in [-0.05, 0) is 55.5 Å². The first kappa shape index (κ1) is 14.5. The molecule has 2 aliphatic rings. The van der Waals surface area contributed by atoms with Gasteiger partial charge in [0.05, 0.1) is 15.9 Å². The predicted octanol–water partition coefficient (Wildman–Crippen LogP) is 2.45. The van der Waals surface area contributed by atoms with Crippen LogP contribution in [0.3, 0.4) is 0 Å². The van der Waals surface area contributed by atoms with Crippen molar-refractivity contribution in [1.82, 2.24) is 20.0 Å². The Hall–Kier alpha value is -0.390. The number of nitrogens with one attached hydrogen (secondary N) is 1. The van der Waals surface area contributed by atoms with Crippen LogP contribution in [0.2, 0.25) is 0 Å². The number of hydrogen-bond acceptors (Lipinski definition) is 3. The van der Waals surface area contributed by atoms with Crippen molar-refractivity contribution in [2.75, 3.05) is 13.1 Å². The highest BCUT2D eigenvalue weighted by molar-refractivity contribution is 9.10. The van der Waals surface area contributed by atoms with Crippen LogP contribution in [0.15, 0.2) is 4.47 Å². The summed E-state index contributed by atoms with van der Waals surface area (Å²) in [5.41, 5.74) is 2.67. The summed E-state index contributed by atoms with van der Waals surface area (Å²) in [4.78, 5) is 2.67. The topological polar surface area (TPSA) is 33.1 Å². The SMILES string of the molecule is Cc1nn(C)c(CN2CC(C)NCC2(C)C2CC2)c1Br. The van der Waals surface area contributed by atoms with Crippen molar-refractivity contribution < 1.29 is 0 Å². The Balaban J connectivity index is 1.86. The van der Waals surface area contributed by atoms with Gasteiger partial charge in [0.2, 0.25) is 0 Å². The summed E-state index contributed by atoms with van der Waals surface area (Å²) in [7, 11) is 2.05. The quantitative estimate of drug-likeness (QED) is 0.917. The Morgan fingerprint density at radius 1 is 1.45 bits per heavy atom. The van der Waals surface area contributed by atoms with Crippen LogP contribution >= 0.6 is 15.9 Å². The molecule has 3 rings (SSSR count). The number of hydrogen-bond donors (Lipinski definition) is 1. The van der Waals surface area contributed by atoms with E-state index in [0.717, 1.165) is 31.2 Å². The molecule has 2 unspecified atom stereocenters. The summed E-state index contributed by atoms with van der Waals surface area (Å²) >= 11 is 3.71. The molecule has 0 bridgehead atoms. The summed E-state index contributed by atoms with van der Waals surface area (Å²) < 4.78 is 3.20. The van der Waals surface area contributed by atoms with Crippen molar-refractivity contribution >= 4 is 15.9 Å². The molecule has 4 nitrogen and oxygen atoms in total. The summed E-state index contributed by atoms with van der Waals surface area (Å²) in [6, 6.07) is 0.565. The minimum absolute atomic E-state index is 0.296. The molecule has 2 fully saturated rings. The molecule has 1 saturated carbocycles. The third kappa shape index (κ3) is 2.44. The molecule has 1 aromatic rings. The molecule has 1 saturated heterocycles. The molecule has 0 spiro atoms. The standard InChI is InChI=1S/C15H25BrN4/c1-10-7-20(15(3,9-17-10)12-5-6-12)8-13-14(16)11(2)18-19(13)4/h10,12,17H,5-9H2,1-4H3. The third-order valence-electron chi connectivity index (χ3n) is 5.08. The van der Waals surface area contributed by atoms with Gasteiger partial charge in [0.1, 0.15) is 0 Å². The van der Waals surface area contributed by atoms with Gasteiger partial charge in [-0.1, -0.05) is 0 Å². The normalized spacial score (nSPS) is 31.8. The smallest absolute Gasteiger partial charge is 0.0739 e. The van der Waals surface area contributed by atoms with E-state index in [1.807, 2.05) is 11.7 Å². The van der Waals surface area contributed by atoms with Crippen molar-refractivity contribution in [3.05, 3.63) is 15.9 Å². The first-order chi connectivity index (χ1) is 9.41. The molecule has 1 aliphatic carbocycles. The molecule has 1 aromatic heterocycles. The highest BCUT2D eigenvalue weighted by atomic mass is 79.9. The zero-order valence-electron chi connectivity index (χ0n) is 12.9. The van der Waals surface area contributed by atoms with Crippen LogP contribution in [0.25, 0.3) is 0 Å².